The van der Waals surface area contributed by atoms with Gasteiger partial charge in [-0.15, -0.1) is 0 Å². The first-order valence-corrected chi connectivity index (χ1v) is 7.81. The number of alkyl halides is 3. The molecule has 0 saturated heterocycles. The lowest BCUT2D eigenvalue weighted by atomic mass is 10.1. The van der Waals surface area contributed by atoms with Crippen LogP contribution in [0.25, 0.3) is 0 Å². The summed E-state index contributed by atoms with van der Waals surface area (Å²) in [4.78, 5) is 11.7. The Labute approximate surface area is 141 Å². The van der Waals surface area contributed by atoms with E-state index in [-0.39, 0.29) is 5.56 Å². The first kappa shape index (κ1) is 19.6. The number of benzene rings is 1. The summed E-state index contributed by atoms with van der Waals surface area (Å²) in [6.07, 6.45) is 4.11. The van der Waals surface area contributed by atoms with Crippen LogP contribution in [0.5, 0.6) is 0 Å². The van der Waals surface area contributed by atoms with E-state index >= 15 is 0 Å². The average Bonchev–Trinajstić information content (AvgIpc) is 2.55. The van der Waals surface area contributed by atoms with Crippen molar-refractivity contribution in [1.29, 1.82) is 0 Å². The predicted octanol–water partition coefficient (Wildman–Crippen LogP) is 5.42. The number of rotatable bonds is 5. The second kappa shape index (κ2) is 10.3. The van der Waals surface area contributed by atoms with E-state index in [9.17, 15) is 18.0 Å². The maximum atomic E-state index is 12.4. The molecular formula is C20H19F3O. The van der Waals surface area contributed by atoms with Gasteiger partial charge in [0.15, 0.2) is 0 Å². The largest absolute Gasteiger partial charge is 0.416 e. The van der Waals surface area contributed by atoms with Crippen molar-refractivity contribution in [1.82, 2.24) is 0 Å². The van der Waals surface area contributed by atoms with E-state index in [1.165, 1.54) is 25.3 Å². The Balaban J connectivity index is 2.47. The molecule has 0 N–H and O–H groups in total. The van der Waals surface area contributed by atoms with E-state index in [2.05, 4.69) is 30.6 Å². The Kier molecular flexibility index (Phi) is 8.44. The van der Waals surface area contributed by atoms with E-state index in [4.69, 9.17) is 0 Å². The molecule has 24 heavy (non-hydrogen) atoms. The summed E-state index contributed by atoms with van der Waals surface area (Å²) in [6, 6.07) is 3.99. The molecule has 0 fully saturated rings. The Morgan fingerprint density at radius 2 is 1.71 bits per heavy atom. The molecule has 0 bridgehead atoms. The third kappa shape index (κ3) is 7.70. The highest BCUT2D eigenvalue weighted by atomic mass is 19.4. The zero-order valence-electron chi connectivity index (χ0n) is 13.5. The Morgan fingerprint density at radius 1 is 1.04 bits per heavy atom. The summed E-state index contributed by atoms with van der Waals surface area (Å²) in [5.41, 5.74) is -0.660. The second-order valence-electron chi connectivity index (χ2n) is 5.14. The molecule has 0 atom stereocenters. The number of unbranched alkanes of at least 4 members (excludes halogenated alkanes) is 4. The summed E-state index contributed by atoms with van der Waals surface area (Å²) < 4.78 is 37.3. The second-order valence-corrected chi connectivity index (χ2v) is 5.14. The summed E-state index contributed by atoms with van der Waals surface area (Å²) in [7, 11) is 0. The maximum Gasteiger partial charge on any atom is 0.416 e. The van der Waals surface area contributed by atoms with Gasteiger partial charge in [-0.25, -0.2) is 0 Å². The monoisotopic (exact) mass is 332 g/mol. The highest BCUT2D eigenvalue weighted by Crippen LogP contribution is 2.29. The van der Waals surface area contributed by atoms with Crippen LogP contribution in [-0.2, 0) is 6.18 Å². The number of Topliss-reactive ketones (excluding diaryl/α,β-unsaturated/α-hetero) is 1. The molecule has 0 aromatic heterocycles. The fourth-order valence-electron chi connectivity index (χ4n) is 1.84. The van der Waals surface area contributed by atoms with Crippen molar-refractivity contribution in [3.05, 3.63) is 47.5 Å². The number of halogens is 3. The summed E-state index contributed by atoms with van der Waals surface area (Å²) in [6.45, 7) is 2.15. The van der Waals surface area contributed by atoms with Crippen LogP contribution in [0, 0.1) is 23.7 Å². The van der Waals surface area contributed by atoms with Crippen LogP contribution in [-0.4, -0.2) is 5.78 Å². The molecule has 1 rings (SSSR count). The van der Waals surface area contributed by atoms with E-state index < -0.39 is 17.5 Å². The van der Waals surface area contributed by atoms with Crippen LogP contribution in [0.15, 0.2) is 36.4 Å². The van der Waals surface area contributed by atoms with Crippen molar-refractivity contribution in [3.63, 3.8) is 0 Å². The standard InChI is InChI=1S/C20H19F3O/c1-2-3-4-5-6-7-8-9-10-11-12-19(24)17-13-15-18(16-14-17)20(21,22)23/h9-10,13-16H,2-6H2,1H3/b10-9-. The topological polar surface area (TPSA) is 17.1 Å². The van der Waals surface area contributed by atoms with E-state index in [1.54, 1.807) is 6.08 Å². The quantitative estimate of drug-likeness (QED) is 0.304. The zero-order valence-corrected chi connectivity index (χ0v) is 13.5. The molecule has 1 nitrogen and oxygen atoms in total. The lowest BCUT2D eigenvalue weighted by Crippen LogP contribution is -2.05. The summed E-state index contributed by atoms with van der Waals surface area (Å²) >= 11 is 0. The molecule has 4 heteroatoms. The molecule has 0 aliphatic heterocycles. The third-order valence-electron chi connectivity index (χ3n) is 3.17. The van der Waals surface area contributed by atoms with Crippen LogP contribution in [0.1, 0.15) is 54.9 Å². The molecule has 0 saturated carbocycles. The minimum atomic E-state index is -4.41. The Bertz CT molecular complexity index is 674. The normalized spacial score (nSPS) is 10.7. The van der Waals surface area contributed by atoms with Crippen molar-refractivity contribution in [3.8, 4) is 23.7 Å². The number of ketones is 1. The highest BCUT2D eigenvalue weighted by Gasteiger charge is 2.30. The molecule has 0 aliphatic rings. The maximum absolute atomic E-state index is 12.4. The van der Waals surface area contributed by atoms with Gasteiger partial charge in [-0.1, -0.05) is 43.9 Å². The van der Waals surface area contributed by atoms with Crippen LogP contribution < -0.4 is 0 Å². The fourth-order valence-corrected chi connectivity index (χ4v) is 1.84. The molecule has 1 aromatic carbocycles. The fraction of sp³-hybridized carbons (Fsp3) is 0.350. The minimum absolute atomic E-state index is 0.130. The van der Waals surface area contributed by atoms with Crippen LogP contribution in [0.4, 0.5) is 13.2 Å². The van der Waals surface area contributed by atoms with E-state index in [1.807, 2.05) is 0 Å². The third-order valence-corrected chi connectivity index (χ3v) is 3.17. The number of allylic oxidation sites excluding steroid dienone is 2. The van der Waals surface area contributed by atoms with Gasteiger partial charge in [0.05, 0.1) is 5.56 Å². The molecule has 0 spiro atoms. The SMILES string of the molecule is CCCCCCC#C/C=C\C#CC(=O)c1ccc(C(F)(F)F)cc1. The van der Waals surface area contributed by atoms with E-state index in [0.29, 0.717) is 0 Å². The van der Waals surface area contributed by atoms with Gasteiger partial charge in [-0.05, 0) is 48.8 Å². The predicted molar refractivity (Wildman–Crippen MR) is 89.2 cm³/mol. The first-order chi connectivity index (χ1) is 11.4. The molecule has 126 valence electrons. The number of carbonyl (C=O) groups is 1. The summed E-state index contributed by atoms with van der Waals surface area (Å²) in [5.74, 6) is 10.2. The van der Waals surface area contributed by atoms with Crippen molar-refractivity contribution < 1.29 is 18.0 Å². The lowest BCUT2D eigenvalue weighted by molar-refractivity contribution is -0.137. The molecule has 0 aliphatic carbocycles. The lowest BCUT2D eigenvalue weighted by Gasteiger charge is -2.05. The van der Waals surface area contributed by atoms with Crippen LogP contribution >= 0.6 is 0 Å². The van der Waals surface area contributed by atoms with Crippen molar-refractivity contribution in [2.45, 2.75) is 45.2 Å². The zero-order chi connectivity index (χ0) is 17.8. The van der Waals surface area contributed by atoms with Gasteiger partial charge >= 0.3 is 6.18 Å². The van der Waals surface area contributed by atoms with Crippen molar-refractivity contribution in [2.24, 2.45) is 0 Å². The highest BCUT2D eigenvalue weighted by molar-refractivity contribution is 6.09. The number of hydrogen-bond acceptors (Lipinski definition) is 1. The molecule has 0 heterocycles. The van der Waals surface area contributed by atoms with Gasteiger partial charge in [0.25, 0.3) is 0 Å². The molecule has 0 radical (unpaired) electrons. The van der Waals surface area contributed by atoms with Gasteiger partial charge in [-0.3, -0.25) is 4.79 Å². The first-order valence-electron chi connectivity index (χ1n) is 7.81. The Morgan fingerprint density at radius 3 is 2.33 bits per heavy atom. The Hall–Kier alpha value is -2.46. The summed E-state index contributed by atoms with van der Waals surface area (Å²) in [5, 5.41) is 0. The van der Waals surface area contributed by atoms with Gasteiger partial charge < -0.3 is 0 Å². The molecule has 0 unspecified atom stereocenters. The minimum Gasteiger partial charge on any atom is -0.279 e. The van der Waals surface area contributed by atoms with Crippen LogP contribution in [0.2, 0.25) is 0 Å². The van der Waals surface area contributed by atoms with Crippen LogP contribution in [0.3, 0.4) is 0 Å². The van der Waals surface area contributed by atoms with Gasteiger partial charge in [-0.2, -0.15) is 13.2 Å². The number of carbonyl (C=O) groups excluding carboxylic acids is 1. The smallest absolute Gasteiger partial charge is 0.279 e. The van der Waals surface area contributed by atoms with E-state index in [0.717, 1.165) is 37.1 Å². The molecule has 0 amide bonds. The van der Waals surface area contributed by atoms with Crippen molar-refractivity contribution in [2.75, 3.05) is 0 Å². The molecular weight excluding hydrogens is 313 g/mol. The molecule has 1 aromatic rings. The van der Waals surface area contributed by atoms with Gasteiger partial charge in [0, 0.05) is 12.0 Å². The average molecular weight is 332 g/mol. The number of hydrogen-bond donors (Lipinski definition) is 0. The van der Waals surface area contributed by atoms with Crippen molar-refractivity contribution >= 4 is 5.78 Å². The van der Waals surface area contributed by atoms with Gasteiger partial charge in [0.1, 0.15) is 0 Å². The van der Waals surface area contributed by atoms with Gasteiger partial charge in [0.2, 0.25) is 5.78 Å².